The average Bonchev–Trinajstić information content (AvgIpc) is 2.08. The Labute approximate surface area is 68.2 Å². The van der Waals surface area contributed by atoms with Gasteiger partial charge in [-0.15, -0.1) is 0 Å². The molecule has 0 saturated carbocycles. The lowest BCUT2D eigenvalue weighted by Crippen LogP contribution is -2.25. The third-order valence-electron chi connectivity index (χ3n) is 1.51. The molecule has 0 spiro atoms. The topological polar surface area (TPSA) is 30.7 Å². The quantitative estimate of drug-likeness (QED) is 0.472. The van der Waals surface area contributed by atoms with Crippen LogP contribution in [-0.4, -0.2) is 22.6 Å². The summed E-state index contributed by atoms with van der Waals surface area (Å²) in [5.41, 5.74) is 0.892. The van der Waals surface area contributed by atoms with E-state index in [1.54, 1.807) is 0 Å². The highest BCUT2D eigenvalue weighted by Gasteiger charge is 2.16. The van der Waals surface area contributed by atoms with Crippen LogP contribution < -0.4 is 5.72 Å². The predicted molar refractivity (Wildman–Crippen MR) is 47.9 cm³/mol. The van der Waals surface area contributed by atoms with E-state index in [9.17, 15) is 0 Å². The first-order valence-electron chi connectivity index (χ1n) is 3.82. The van der Waals surface area contributed by atoms with Crippen LogP contribution in [0.25, 0.3) is 0 Å². The lowest BCUT2D eigenvalue weighted by Gasteiger charge is -2.19. The minimum Gasteiger partial charge on any atom is -0.246 e. The Morgan fingerprint density at radius 2 is 1.91 bits per heavy atom. The van der Waals surface area contributed by atoms with Gasteiger partial charge < -0.3 is 0 Å². The smallest absolute Gasteiger partial charge is 0.191 e. The van der Waals surface area contributed by atoms with Gasteiger partial charge in [0, 0.05) is 0 Å². The van der Waals surface area contributed by atoms with Gasteiger partial charge >= 0.3 is 0 Å². The van der Waals surface area contributed by atoms with Crippen molar-refractivity contribution >= 4 is 13.6 Å². The van der Waals surface area contributed by atoms with Crippen LogP contribution in [0.5, 0.6) is 0 Å². The van der Waals surface area contributed by atoms with Gasteiger partial charge in [-0.1, -0.05) is 0 Å². The summed E-state index contributed by atoms with van der Waals surface area (Å²) < 4.78 is 1.95. The van der Waals surface area contributed by atoms with Crippen molar-refractivity contribution < 1.29 is 0 Å². The molecule has 1 heterocycles. The maximum absolute atomic E-state index is 4.29. The van der Waals surface area contributed by atoms with Crippen molar-refractivity contribution in [2.75, 3.05) is 0 Å². The highest BCUT2D eigenvalue weighted by atomic mass is 15.4. The van der Waals surface area contributed by atoms with E-state index in [0.29, 0.717) is 0 Å². The fourth-order valence-corrected chi connectivity index (χ4v) is 1.16. The molecule has 0 amide bonds. The molecule has 0 radical (unpaired) electrons. The second-order valence-corrected chi connectivity index (χ2v) is 3.79. The standard InChI is InChI=1S/C7H14BN3/c1-5-9-6(8)10-11(5)7(2,3)4/h8H2,1-4H3. The molecule has 0 atom stereocenters. The summed E-state index contributed by atoms with van der Waals surface area (Å²) >= 11 is 0. The number of hydrogen-bond acceptors (Lipinski definition) is 2. The van der Waals surface area contributed by atoms with Crippen molar-refractivity contribution in [2.24, 2.45) is 0 Å². The Morgan fingerprint density at radius 3 is 2.09 bits per heavy atom. The van der Waals surface area contributed by atoms with Crippen LogP contribution in [0.3, 0.4) is 0 Å². The molecule has 1 aromatic heterocycles. The molecular weight excluding hydrogens is 137 g/mol. The normalized spacial score (nSPS) is 12.0. The van der Waals surface area contributed by atoms with Crippen molar-refractivity contribution in [1.82, 2.24) is 14.8 Å². The highest BCUT2D eigenvalue weighted by Crippen LogP contribution is 2.11. The Balaban J connectivity index is 3.13. The summed E-state index contributed by atoms with van der Waals surface area (Å²) in [6.45, 7) is 8.33. The van der Waals surface area contributed by atoms with Crippen molar-refractivity contribution in [3.05, 3.63) is 5.82 Å². The van der Waals surface area contributed by atoms with E-state index in [2.05, 4.69) is 30.9 Å². The molecular formula is C7H14BN3. The molecule has 0 aromatic carbocycles. The van der Waals surface area contributed by atoms with E-state index >= 15 is 0 Å². The van der Waals surface area contributed by atoms with Gasteiger partial charge in [-0.3, -0.25) is 0 Å². The van der Waals surface area contributed by atoms with Gasteiger partial charge in [-0.05, 0) is 27.7 Å². The maximum Gasteiger partial charge on any atom is 0.191 e. The minimum atomic E-state index is 0.0470. The van der Waals surface area contributed by atoms with Crippen molar-refractivity contribution in [3.63, 3.8) is 0 Å². The average molecular weight is 151 g/mol. The third kappa shape index (κ3) is 1.61. The molecule has 11 heavy (non-hydrogen) atoms. The Bertz CT molecular complexity index is 259. The molecule has 0 unspecified atom stereocenters. The van der Waals surface area contributed by atoms with Crippen molar-refractivity contribution in [2.45, 2.75) is 33.2 Å². The van der Waals surface area contributed by atoms with E-state index in [-0.39, 0.29) is 5.54 Å². The predicted octanol–water partition coefficient (Wildman–Crippen LogP) is -0.400. The molecule has 0 aliphatic rings. The molecule has 0 aliphatic heterocycles. The van der Waals surface area contributed by atoms with Crippen LogP contribution in [0, 0.1) is 6.92 Å². The monoisotopic (exact) mass is 151 g/mol. The van der Waals surface area contributed by atoms with Gasteiger partial charge in [0.05, 0.1) is 5.54 Å². The summed E-state index contributed by atoms with van der Waals surface area (Å²) in [4.78, 5) is 4.23. The van der Waals surface area contributed by atoms with Crippen LogP contribution in [0.15, 0.2) is 0 Å². The zero-order chi connectivity index (χ0) is 8.65. The number of nitrogens with zero attached hydrogens (tertiary/aromatic N) is 3. The van der Waals surface area contributed by atoms with Crippen LogP contribution in [-0.2, 0) is 5.54 Å². The molecule has 0 saturated heterocycles. The molecule has 0 fully saturated rings. The molecule has 4 heteroatoms. The SMILES string of the molecule is Bc1nc(C)n(C(C)(C)C)n1. The van der Waals surface area contributed by atoms with E-state index in [1.165, 1.54) is 0 Å². The first-order chi connectivity index (χ1) is 4.91. The van der Waals surface area contributed by atoms with E-state index in [0.717, 1.165) is 11.5 Å². The number of rotatable bonds is 0. The zero-order valence-electron chi connectivity index (χ0n) is 7.84. The Morgan fingerprint density at radius 1 is 1.36 bits per heavy atom. The van der Waals surface area contributed by atoms with E-state index in [4.69, 9.17) is 0 Å². The maximum atomic E-state index is 4.29. The van der Waals surface area contributed by atoms with Crippen LogP contribution in [0.2, 0.25) is 0 Å². The van der Waals surface area contributed by atoms with Crippen LogP contribution >= 0.6 is 0 Å². The second-order valence-electron chi connectivity index (χ2n) is 3.79. The number of aromatic nitrogens is 3. The summed E-state index contributed by atoms with van der Waals surface area (Å²) in [5.74, 6) is 0.981. The van der Waals surface area contributed by atoms with E-state index < -0.39 is 0 Å². The summed E-state index contributed by atoms with van der Waals surface area (Å²) in [6.07, 6.45) is 0. The van der Waals surface area contributed by atoms with E-state index in [1.807, 2.05) is 19.5 Å². The number of hydrogen-bond donors (Lipinski definition) is 0. The van der Waals surface area contributed by atoms with Gasteiger partial charge in [0.25, 0.3) is 0 Å². The van der Waals surface area contributed by atoms with Crippen molar-refractivity contribution in [3.8, 4) is 0 Å². The Hall–Kier alpha value is -0.795. The molecule has 0 aliphatic carbocycles. The molecule has 60 valence electrons. The fraction of sp³-hybridized carbons (Fsp3) is 0.714. The second kappa shape index (κ2) is 2.36. The van der Waals surface area contributed by atoms with Gasteiger partial charge in [-0.25, -0.2) is 9.67 Å². The first kappa shape index (κ1) is 8.30. The summed E-state index contributed by atoms with van der Waals surface area (Å²) in [5, 5.41) is 4.29. The number of aryl methyl sites for hydroxylation is 1. The zero-order valence-corrected chi connectivity index (χ0v) is 7.84. The van der Waals surface area contributed by atoms with Gasteiger partial charge in [0.1, 0.15) is 11.5 Å². The largest absolute Gasteiger partial charge is 0.246 e. The minimum absolute atomic E-state index is 0.0470. The lowest BCUT2D eigenvalue weighted by atomic mass is 10.1. The van der Waals surface area contributed by atoms with Crippen LogP contribution in [0.1, 0.15) is 26.6 Å². The van der Waals surface area contributed by atoms with Gasteiger partial charge in [0.15, 0.2) is 7.85 Å². The molecule has 0 N–H and O–H groups in total. The van der Waals surface area contributed by atoms with Gasteiger partial charge in [0.2, 0.25) is 0 Å². The van der Waals surface area contributed by atoms with Crippen molar-refractivity contribution in [1.29, 1.82) is 0 Å². The molecule has 3 nitrogen and oxygen atoms in total. The third-order valence-corrected chi connectivity index (χ3v) is 1.51. The van der Waals surface area contributed by atoms with Crippen LogP contribution in [0.4, 0.5) is 0 Å². The summed E-state index contributed by atoms with van der Waals surface area (Å²) in [6, 6.07) is 0. The molecule has 0 bridgehead atoms. The molecule has 1 aromatic rings. The Kier molecular flexibility index (Phi) is 1.78. The fourth-order valence-electron chi connectivity index (χ4n) is 1.16. The lowest BCUT2D eigenvalue weighted by molar-refractivity contribution is 0.347. The summed E-state index contributed by atoms with van der Waals surface area (Å²) in [7, 11) is 1.91. The first-order valence-corrected chi connectivity index (χ1v) is 3.82. The molecule has 1 rings (SSSR count). The van der Waals surface area contributed by atoms with Gasteiger partial charge in [-0.2, -0.15) is 5.10 Å². The highest BCUT2D eigenvalue weighted by molar-refractivity contribution is 6.28.